The summed E-state index contributed by atoms with van der Waals surface area (Å²) in [5.41, 5.74) is 0.248. The predicted molar refractivity (Wildman–Crippen MR) is 268 cm³/mol. The minimum atomic E-state index is -0.543. The third-order valence-corrected chi connectivity index (χ3v) is 21.5. The molecule has 2 heterocycles. The average Bonchev–Trinajstić information content (AvgIpc) is 4.13. The number of allylic oxidation sites excluding steroid dienone is 1. The highest BCUT2D eigenvalue weighted by Crippen LogP contribution is 2.70. The molecule has 68 heavy (non-hydrogen) atoms. The number of Topliss-reactive ketones (excluding diaryl/α,β-unsaturated/α-hetero) is 2. The van der Waals surface area contributed by atoms with Crippen molar-refractivity contribution in [3.8, 4) is 12.1 Å². The number of imidazole rings is 1. The van der Waals surface area contributed by atoms with Gasteiger partial charge in [-0.3, -0.25) is 14.6 Å². The van der Waals surface area contributed by atoms with Crippen LogP contribution in [-0.2, 0) is 25.6 Å². The molecular formula is C56H84BrN5O6. The zero-order chi connectivity index (χ0) is 48.0. The number of nitriles is 2. The number of halogens is 1. The first-order chi connectivity index (χ1) is 31.9. The zero-order valence-corrected chi connectivity index (χ0v) is 43.1. The lowest BCUT2D eigenvalue weighted by molar-refractivity contribution is -0.175. The second-order valence-electron chi connectivity index (χ2n) is 24.2. The summed E-state index contributed by atoms with van der Waals surface area (Å²) in [4.78, 5) is 33.9. The van der Waals surface area contributed by atoms with Gasteiger partial charge in [-0.15, -0.1) is 0 Å². The fourth-order valence-electron chi connectivity index (χ4n) is 18.0. The maximum atomic E-state index is 13.5. The van der Waals surface area contributed by atoms with Crippen LogP contribution in [0.25, 0.3) is 0 Å². The second kappa shape index (κ2) is 20.8. The molecule has 1 aliphatic heterocycles. The summed E-state index contributed by atoms with van der Waals surface area (Å²) in [6.45, 7) is 10.8. The van der Waals surface area contributed by atoms with Crippen LogP contribution in [0.2, 0.25) is 0 Å². The van der Waals surface area contributed by atoms with Gasteiger partial charge in [0, 0.05) is 51.1 Å². The quantitative estimate of drug-likeness (QED) is 0.229. The molecular weight excluding hydrogens is 919 g/mol. The van der Waals surface area contributed by atoms with Crippen molar-refractivity contribution in [2.24, 2.45) is 85.8 Å². The Morgan fingerprint density at radius 2 is 1.24 bits per heavy atom. The standard InChI is InChI=1S/C27H39N3O3.C23H37BrO3.C5H4N2.CH4/c1-25(32)10-11-27(17-33-3)18(14-25)4-5-19-20-6-7-22(26(20,2)9-8-21(19)27)23(31)16-30-13-12-29-24(30)15-28;1-21(26)10-11-23(14-27-3)15(12-21)4-5-16-17-6-7-19(20(25)13-24)22(17,2)9-8-18(16)23;6-4-5-2-1-3-7-5;/h12-13,18-22,32H,4-11,14,16-17H2,1-3H3;15-19,26H,4-14H2,1-3H3;1,3H,2H2;1H4/t18-,19+,20+,21+,22-,25-,26+,27-;15-,16+,17+,18+,19-,21-,22+,23-;;/m11../s1. The van der Waals surface area contributed by atoms with Crippen LogP contribution in [0.5, 0.6) is 0 Å². The van der Waals surface area contributed by atoms with Crippen molar-refractivity contribution in [2.45, 2.75) is 175 Å². The molecule has 8 saturated carbocycles. The third-order valence-electron chi connectivity index (χ3n) is 21.0. The molecule has 8 aliphatic carbocycles. The zero-order valence-electron chi connectivity index (χ0n) is 41.5. The molecule has 8 fully saturated rings. The Morgan fingerprint density at radius 3 is 1.66 bits per heavy atom. The summed E-state index contributed by atoms with van der Waals surface area (Å²) in [6.07, 6.45) is 27.4. The smallest absolute Gasteiger partial charge is 0.213 e. The highest BCUT2D eigenvalue weighted by molar-refractivity contribution is 9.09. The average molecular weight is 1000 g/mol. The minimum Gasteiger partial charge on any atom is -0.390 e. The molecule has 0 spiro atoms. The first-order valence-electron chi connectivity index (χ1n) is 26.0. The van der Waals surface area contributed by atoms with Crippen molar-refractivity contribution in [3.63, 3.8) is 0 Å². The van der Waals surface area contributed by atoms with Crippen LogP contribution in [0.15, 0.2) is 29.7 Å². The lowest BCUT2D eigenvalue weighted by Gasteiger charge is -2.62. The van der Waals surface area contributed by atoms with E-state index < -0.39 is 11.2 Å². The molecule has 1 aromatic heterocycles. The SMILES string of the molecule is C.COC[C@]12CC[C@@](C)(O)C[C@H]1CC[C@H]1[C@@H]3CC[C@H](C(=O)CBr)[C@@]3(C)CC[C@@H]12.COC[C@]12CC[C@@](C)(O)C[C@H]1CC[C@H]1[C@@H]3CC[C@H](C(=O)Cn4ccnc4C#N)[C@@]3(C)CC[C@@H]12.N#CC1=NC=CC1. The Morgan fingerprint density at radius 1 is 0.721 bits per heavy atom. The van der Waals surface area contributed by atoms with E-state index in [1.54, 1.807) is 23.2 Å². The van der Waals surface area contributed by atoms with Crippen molar-refractivity contribution < 1.29 is 29.3 Å². The van der Waals surface area contributed by atoms with Crippen molar-refractivity contribution >= 4 is 33.2 Å². The maximum absolute atomic E-state index is 13.5. The number of nitrogens with zero attached hydrogens (tertiary/aromatic N) is 5. The number of methoxy groups -OCH3 is 2. The van der Waals surface area contributed by atoms with Gasteiger partial charge in [0.25, 0.3) is 0 Å². The fourth-order valence-corrected chi connectivity index (χ4v) is 18.4. The molecule has 11 nitrogen and oxygen atoms in total. The number of hydrogen-bond donors (Lipinski definition) is 2. The number of carbonyl (C=O) groups is 2. The van der Waals surface area contributed by atoms with E-state index in [1.165, 1.54) is 44.9 Å². The molecule has 12 heteroatoms. The maximum Gasteiger partial charge on any atom is 0.213 e. The van der Waals surface area contributed by atoms with Gasteiger partial charge >= 0.3 is 0 Å². The summed E-state index contributed by atoms with van der Waals surface area (Å²) >= 11 is 3.43. The molecule has 10 rings (SSSR count). The van der Waals surface area contributed by atoms with Crippen molar-refractivity contribution in [1.82, 2.24) is 9.55 Å². The van der Waals surface area contributed by atoms with Crippen LogP contribution in [0, 0.1) is 104 Å². The second-order valence-corrected chi connectivity index (χ2v) is 24.8. The monoisotopic (exact) mass is 1000 g/mol. The minimum absolute atomic E-state index is 0. The number of hydrogen-bond acceptors (Lipinski definition) is 10. The van der Waals surface area contributed by atoms with Crippen LogP contribution >= 0.6 is 15.9 Å². The van der Waals surface area contributed by atoms with Crippen LogP contribution in [0.1, 0.15) is 163 Å². The summed E-state index contributed by atoms with van der Waals surface area (Å²) < 4.78 is 13.4. The lowest BCUT2D eigenvalue weighted by Crippen LogP contribution is -2.58. The van der Waals surface area contributed by atoms with Crippen molar-refractivity contribution in [1.29, 1.82) is 10.5 Å². The number of carbonyl (C=O) groups excluding carboxylic acids is 2. The molecule has 16 atom stereocenters. The van der Waals surface area contributed by atoms with E-state index in [9.17, 15) is 25.1 Å². The van der Waals surface area contributed by atoms with E-state index in [2.05, 4.69) is 45.8 Å². The summed E-state index contributed by atoms with van der Waals surface area (Å²) in [6, 6.07) is 4.04. The molecule has 9 aliphatic rings. The van der Waals surface area contributed by atoms with Crippen molar-refractivity contribution in [2.75, 3.05) is 32.8 Å². The molecule has 0 amide bonds. The predicted octanol–water partition coefficient (Wildman–Crippen LogP) is 10.9. The van der Waals surface area contributed by atoms with E-state index in [0.29, 0.717) is 64.1 Å². The molecule has 0 aromatic carbocycles. The first-order valence-corrected chi connectivity index (χ1v) is 27.1. The Bertz CT molecular complexity index is 2120. The van der Waals surface area contributed by atoms with Gasteiger partial charge in [-0.1, -0.05) is 43.3 Å². The fraction of sp³-hybridized carbons (Fsp3) is 0.821. The van der Waals surface area contributed by atoms with Crippen LogP contribution in [0.4, 0.5) is 0 Å². The van der Waals surface area contributed by atoms with Gasteiger partial charge in [0.15, 0.2) is 5.78 Å². The number of ketones is 2. The number of aliphatic imine (C=N–C) groups is 1. The normalized spacial score (nSPS) is 43.8. The Kier molecular flexibility index (Phi) is 16.2. The van der Waals surface area contributed by atoms with Crippen LogP contribution in [0.3, 0.4) is 0 Å². The van der Waals surface area contributed by atoms with E-state index >= 15 is 0 Å². The summed E-state index contributed by atoms with van der Waals surface area (Å²) in [5, 5.41) is 39.5. The van der Waals surface area contributed by atoms with Gasteiger partial charge in [-0.2, -0.15) is 10.5 Å². The number of ether oxygens (including phenoxy) is 2. The Labute approximate surface area is 416 Å². The van der Waals surface area contributed by atoms with E-state index in [-0.39, 0.29) is 53.3 Å². The summed E-state index contributed by atoms with van der Waals surface area (Å²) in [5.74, 6) is 6.48. The molecule has 0 radical (unpaired) electrons. The first kappa shape index (κ1) is 53.1. The van der Waals surface area contributed by atoms with Crippen molar-refractivity contribution in [3.05, 3.63) is 30.5 Å². The number of alkyl halides is 1. The van der Waals surface area contributed by atoms with Gasteiger partial charge in [0.1, 0.15) is 23.6 Å². The topological polar surface area (TPSA) is 171 Å². The molecule has 0 saturated heterocycles. The Balaban J connectivity index is 0.000000176. The number of aromatic nitrogens is 2. The van der Waals surface area contributed by atoms with E-state index in [4.69, 9.17) is 14.7 Å². The van der Waals surface area contributed by atoms with Gasteiger partial charge in [0.05, 0.1) is 36.3 Å². The Hall–Kier alpha value is -2.74. The van der Waals surface area contributed by atoms with Gasteiger partial charge in [0.2, 0.25) is 5.82 Å². The van der Waals surface area contributed by atoms with Crippen LogP contribution in [-0.4, -0.2) is 81.0 Å². The van der Waals surface area contributed by atoms with Gasteiger partial charge in [-0.25, -0.2) is 4.98 Å². The molecule has 0 unspecified atom stereocenters. The highest BCUT2D eigenvalue weighted by Gasteiger charge is 2.65. The molecule has 1 aromatic rings. The van der Waals surface area contributed by atoms with Gasteiger partial charge in [-0.05, 0) is 198 Å². The molecule has 376 valence electrons. The number of aliphatic hydroxyl groups is 2. The lowest BCUT2D eigenvalue weighted by atomic mass is 9.43. The molecule has 0 bridgehead atoms. The van der Waals surface area contributed by atoms with E-state index in [1.807, 2.05) is 40.2 Å². The number of rotatable bonds is 9. The summed E-state index contributed by atoms with van der Waals surface area (Å²) in [7, 11) is 3.69. The third kappa shape index (κ3) is 9.55. The highest BCUT2D eigenvalue weighted by atomic mass is 79.9. The molecule has 2 N–H and O–H groups in total. The van der Waals surface area contributed by atoms with E-state index in [0.717, 1.165) is 96.2 Å². The van der Waals surface area contributed by atoms with Crippen LogP contribution < -0.4 is 0 Å². The largest absolute Gasteiger partial charge is 0.390 e. The van der Waals surface area contributed by atoms with Gasteiger partial charge < -0.3 is 24.3 Å². The number of fused-ring (bicyclic) bond motifs is 10.